The Morgan fingerprint density at radius 1 is 1.53 bits per heavy atom. The lowest BCUT2D eigenvalue weighted by atomic mass is 10.1. The van der Waals surface area contributed by atoms with Gasteiger partial charge in [-0.05, 0) is 24.6 Å². The summed E-state index contributed by atoms with van der Waals surface area (Å²) in [6.45, 7) is 2.37. The molecule has 1 rings (SSSR count). The van der Waals surface area contributed by atoms with E-state index in [1.807, 2.05) is 6.92 Å². The molecule has 0 spiro atoms. The van der Waals surface area contributed by atoms with Gasteiger partial charge in [0.25, 0.3) is 0 Å². The zero-order chi connectivity index (χ0) is 13.5. The average Bonchev–Trinajstić information content (AvgIpc) is 2.34. The maximum absolute atomic E-state index is 11.0. The Hall–Kier alpha value is -0.970. The van der Waals surface area contributed by atoms with Gasteiger partial charge in [-0.2, -0.15) is 0 Å². The third-order valence-corrected chi connectivity index (χ3v) is 2.89. The standard InChI is InChI=1S/C13H18ClNO3.ClH/c1-3-4-11(13(16)17)15-8-9-7-10(14)5-6-12(9)18-2;/h5-7,11,15H,3-4,8H2,1-2H3,(H,16,17);1H. The molecule has 2 N–H and O–H groups in total. The van der Waals surface area contributed by atoms with Gasteiger partial charge in [0.1, 0.15) is 11.8 Å². The molecule has 0 amide bonds. The first kappa shape index (κ1) is 18.0. The molecule has 0 radical (unpaired) electrons. The number of aliphatic carboxylic acids is 1. The maximum Gasteiger partial charge on any atom is 0.320 e. The molecule has 0 aliphatic rings. The SMILES string of the molecule is CCCC(NCc1cc(Cl)ccc1OC)C(=O)O.Cl. The van der Waals surface area contributed by atoms with Gasteiger partial charge < -0.3 is 15.2 Å². The molecule has 6 heteroatoms. The minimum atomic E-state index is -0.835. The Morgan fingerprint density at radius 2 is 2.21 bits per heavy atom. The Kier molecular flexibility index (Phi) is 8.56. The third-order valence-electron chi connectivity index (χ3n) is 2.66. The molecular formula is C13H19Cl2NO3. The van der Waals surface area contributed by atoms with E-state index in [0.29, 0.717) is 23.7 Å². The fourth-order valence-electron chi connectivity index (χ4n) is 1.72. The van der Waals surface area contributed by atoms with Gasteiger partial charge in [0, 0.05) is 17.1 Å². The molecular weight excluding hydrogens is 289 g/mol. The van der Waals surface area contributed by atoms with Crippen LogP contribution in [0.5, 0.6) is 5.75 Å². The number of ether oxygens (including phenoxy) is 1. The van der Waals surface area contributed by atoms with E-state index in [1.54, 1.807) is 25.3 Å². The second kappa shape index (κ2) is 9.02. The first-order valence-corrected chi connectivity index (χ1v) is 6.24. The smallest absolute Gasteiger partial charge is 0.320 e. The van der Waals surface area contributed by atoms with E-state index >= 15 is 0 Å². The number of benzene rings is 1. The molecule has 0 fully saturated rings. The van der Waals surface area contributed by atoms with E-state index in [9.17, 15) is 4.79 Å². The van der Waals surface area contributed by atoms with Crippen LogP contribution in [0.4, 0.5) is 0 Å². The van der Waals surface area contributed by atoms with Crippen LogP contribution in [0.15, 0.2) is 18.2 Å². The Balaban J connectivity index is 0.00000324. The highest BCUT2D eigenvalue weighted by Crippen LogP contribution is 2.22. The van der Waals surface area contributed by atoms with Crippen molar-refractivity contribution in [3.8, 4) is 5.75 Å². The van der Waals surface area contributed by atoms with Crippen molar-refractivity contribution in [2.75, 3.05) is 7.11 Å². The van der Waals surface area contributed by atoms with Crippen LogP contribution in [-0.4, -0.2) is 24.2 Å². The van der Waals surface area contributed by atoms with Gasteiger partial charge in [-0.1, -0.05) is 24.9 Å². The number of hydrogen-bond donors (Lipinski definition) is 2. The summed E-state index contributed by atoms with van der Waals surface area (Å²) in [6, 6.07) is 4.75. The van der Waals surface area contributed by atoms with Gasteiger partial charge in [0.05, 0.1) is 7.11 Å². The van der Waals surface area contributed by atoms with Crippen LogP contribution in [0.2, 0.25) is 5.02 Å². The summed E-state index contributed by atoms with van der Waals surface area (Å²) in [5.74, 6) is -0.134. The molecule has 4 nitrogen and oxygen atoms in total. The molecule has 0 aliphatic heterocycles. The van der Waals surface area contributed by atoms with Gasteiger partial charge in [-0.3, -0.25) is 4.79 Å². The first-order chi connectivity index (χ1) is 8.58. The lowest BCUT2D eigenvalue weighted by Gasteiger charge is -2.15. The Morgan fingerprint density at radius 3 is 2.74 bits per heavy atom. The van der Waals surface area contributed by atoms with E-state index in [1.165, 1.54) is 0 Å². The van der Waals surface area contributed by atoms with Crippen molar-refractivity contribution in [2.45, 2.75) is 32.4 Å². The van der Waals surface area contributed by atoms with Crippen LogP contribution < -0.4 is 10.1 Å². The summed E-state index contributed by atoms with van der Waals surface area (Å²) < 4.78 is 5.21. The Bertz CT molecular complexity index is 413. The van der Waals surface area contributed by atoms with Crippen molar-refractivity contribution < 1.29 is 14.6 Å². The zero-order valence-corrected chi connectivity index (χ0v) is 12.6. The number of halogens is 2. The highest BCUT2D eigenvalue weighted by molar-refractivity contribution is 6.30. The third kappa shape index (κ3) is 5.68. The minimum absolute atomic E-state index is 0. The van der Waals surface area contributed by atoms with Crippen molar-refractivity contribution in [3.05, 3.63) is 28.8 Å². The van der Waals surface area contributed by atoms with Crippen LogP contribution in [0.25, 0.3) is 0 Å². The summed E-state index contributed by atoms with van der Waals surface area (Å²) in [5.41, 5.74) is 0.854. The topological polar surface area (TPSA) is 58.6 Å². The average molecular weight is 308 g/mol. The number of nitrogens with one attached hydrogen (secondary N) is 1. The van der Waals surface area contributed by atoms with Gasteiger partial charge in [0.2, 0.25) is 0 Å². The second-order valence-corrected chi connectivity index (χ2v) is 4.45. The molecule has 1 aromatic carbocycles. The molecule has 108 valence electrons. The van der Waals surface area contributed by atoms with Crippen molar-refractivity contribution in [3.63, 3.8) is 0 Å². The molecule has 1 atom stereocenters. The quantitative estimate of drug-likeness (QED) is 0.812. The lowest BCUT2D eigenvalue weighted by molar-refractivity contribution is -0.139. The molecule has 0 heterocycles. The summed E-state index contributed by atoms with van der Waals surface area (Å²) in [5, 5.41) is 12.7. The highest BCUT2D eigenvalue weighted by atomic mass is 35.5. The van der Waals surface area contributed by atoms with Crippen LogP contribution in [0, 0.1) is 0 Å². The number of carboxylic acids is 1. The van der Waals surface area contributed by atoms with Crippen molar-refractivity contribution in [2.24, 2.45) is 0 Å². The van der Waals surface area contributed by atoms with Crippen LogP contribution in [0.3, 0.4) is 0 Å². The molecule has 19 heavy (non-hydrogen) atoms. The second-order valence-electron chi connectivity index (χ2n) is 4.02. The molecule has 0 bridgehead atoms. The predicted molar refractivity (Wildman–Crippen MR) is 78.4 cm³/mol. The molecule has 0 saturated heterocycles. The van der Waals surface area contributed by atoms with Gasteiger partial charge in [-0.25, -0.2) is 0 Å². The summed E-state index contributed by atoms with van der Waals surface area (Å²) in [7, 11) is 1.58. The summed E-state index contributed by atoms with van der Waals surface area (Å²) in [6.07, 6.45) is 1.41. The molecule has 0 saturated carbocycles. The fraction of sp³-hybridized carbons (Fsp3) is 0.462. The lowest BCUT2D eigenvalue weighted by Crippen LogP contribution is -2.36. The molecule has 0 aliphatic carbocycles. The Labute approximate surface area is 124 Å². The van der Waals surface area contributed by atoms with Crippen molar-refractivity contribution in [1.29, 1.82) is 0 Å². The van der Waals surface area contributed by atoms with Gasteiger partial charge in [-0.15, -0.1) is 12.4 Å². The van der Waals surface area contributed by atoms with Gasteiger partial charge >= 0.3 is 5.97 Å². The number of carbonyl (C=O) groups is 1. The number of methoxy groups -OCH3 is 1. The van der Waals surface area contributed by atoms with Crippen LogP contribution >= 0.6 is 24.0 Å². The monoisotopic (exact) mass is 307 g/mol. The summed E-state index contributed by atoms with van der Waals surface area (Å²) in [4.78, 5) is 11.0. The van der Waals surface area contributed by atoms with Gasteiger partial charge in [0.15, 0.2) is 0 Å². The van der Waals surface area contributed by atoms with E-state index in [2.05, 4.69) is 5.32 Å². The highest BCUT2D eigenvalue weighted by Gasteiger charge is 2.16. The van der Waals surface area contributed by atoms with E-state index in [-0.39, 0.29) is 12.4 Å². The zero-order valence-electron chi connectivity index (χ0n) is 11.0. The normalized spacial score (nSPS) is 11.5. The first-order valence-electron chi connectivity index (χ1n) is 5.87. The largest absolute Gasteiger partial charge is 0.496 e. The fourth-order valence-corrected chi connectivity index (χ4v) is 1.91. The van der Waals surface area contributed by atoms with Crippen LogP contribution in [0.1, 0.15) is 25.3 Å². The number of carboxylic acid groups (broad SMARTS) is 1. The van der Waals surface area contributed by atoms with Crippen LogP contribution in [-0.2, 0) is 11.3 Å². The molecule has 1 unspecified atom stereocenters. The van der Waals surface area contributed by atoms with Crippen molar-refractivity contribution in [1.82, 2.24) is 5.32 Å². The van der Waals surface area contributed by atoms with E-state index in [4.69, 9.17) is 21.4 Å². The van der Waals surface area contributed by atoms with Crippen molar-refractivity contribution >= 4 is 30.0 Å². The maximum atomic E-state index is 11.0. The minimum Gasteiger partial charge on any atom is -0.496 e. The molecule has 0 aromatic heterocycles. The predicted octanol–water partition coefficient (Wildman–Crippen LogP) is 3.11. The molecule has 1 aromatic rings. The van der Waals surface area contributed by atoms with E-state index < -0.39 is 12.0 Å². The number of hydrogen-bond acceptors (Lipinski definition) is 3. The van der Waals surface area contributed by atoms with E-state index in [0.717, 1.165) is 12.0 Å². The number of rotatable bonds is 7. The summed E-state index contributed by atoms with van der Waals surface area (Å²) >= 11 is 5.91.